The minimum atomic E-state index is -0.574. The van der Waals surface area contributed by atoms with E-state index in [0.717, 1.165) is 64.0 Å². The topological polar surface area (TPSA) is 41.6 Å². The maximum atomic E-state index is 13.8. The molecule has 2 fully saturated rings. The molecule has 1 unspecified atom stereocenters. The molecule has 3 rings (SSSR count). The van der Waals surface area contributed by atoms with E-state index in [9.17, 15) is 9.18 Å². The van der Waals surface area contributed by atoms with Crippen LogP contribution < -0.4 is 5.32 Å². The average molecular weight is 377 g/mol. The van der Waals surface area contributed by atoms with Crippen molar-refractivity contribution in [3.05, 3.63) is 35.6 Å². The Balaban J connectivity index is 1.71. The SMILES string of the molecule is CC(C)CC(CNC(=O)C1(c2cccc(F)c2)CCCC1)N1CCOCC1. The van der Waals surface area contributed by atoms with Gasteiger partial charge in [0.05, 0.1) is 18.6 Å². The number of hydrogen-bond acceptors (Lipinski definition) is 3. The molecule has 1 saturated carbocycles. The summed E-state index contributed by atoms with van der Waals surface area (Å²) in [5.74, 6) is 0.364. The van der Waals surface area contributed by atoms with Gasteiger partial charge in [0.25, 0.3) is 0 Å². The third-order valence-electron chi connectivity index (χ3n) is 6.07. The molecule has 1 aromatic rings. The number of amides is 1. The Morgan fingerprint density at radius 1 is 1.26 bits per heavy atom. The van der Waals surface area contributed by atoms with Crippen LogP contribution in [-0.4, -0.2) is 49.7 Å². The molecule has 27 heavy (non-hydrogen) atoms. The second kappa shape index (κ2) is 9.16. The van der Waals surface area contributed by atoms with Crippen LogP contribution in [0, 0.1) is 11.7 Å². The zero-order valence-corrected chi connectivity index (χ0v) is 16.7. The van der Waals surface area contributed by atoms with E-state index in [-0.39, 0.29) is 11.7 Å². The quantitative estimate of drug-likeness (QED) is 0.792. The minimum Gasteiger partial charge on any atom is -0.379 e. The average Bonchev–Trinajstić information content (AvgIpc) is 3.16. The molecule has 1 N–H and O–H groups in total. The predicted molar refractivity (Wildman–Crippen MR) is 105 cm³/mol. The van der Waals surface area contributed by atoms with E-state index in [2.05, 4.69) is 24.1 Å². The minimum absolute atomic E-state index is 0.0626. The first kappa shape index (κ1) is 20.3. The molecule has 5 heteroatoms. The zero-order chi connectivity index (χ0) is 19.3. The Kier molecular flexibility index (Phi) is 6.88. The number of benzene rings is 1. The summed E-state index contributed by atoms with van der Waals surface area (Å²) in [5, 5.41) is 3.24. The Morgan fingerprint density at radius 3 is 2.59 bits per heavy atom. The lowest BCUT2D eigenvalue weighted by molar-refractivity contribution is -0.127. The highest BCUT2D eigenvalue weighted by atomic mass is 19.1. The van der Waals surface area contributed by atoms with Crippen LogP contribution in [0.5, 0.6) is 0 Å². The number of carbonyl (C=O) groups is 1. The van der Waals surface area contributed by atoms with Crippen molar-refractivity contribution in [2.75, 3.05) is 32.8 Å². The first-order valence-electron chi connectivity index (χ1n) is 10.4. The van der Waals surface area contributed by atoms with Gasteiger partial charge in [0.1, 0.15) is 5.82 Å². The van der Waals surface area contributed by atoms with E-state index in [1.807, 2.05) is 6.07 Å². The second-order valence-corrected chi connectivity index (χ2v) is 8.44. The Morgan fingerprint density at radius 2 is 1.96 bits per heavy atom. The smallest absolute Gasteiger partial charge is 0.230 e. The third-order valence-corrected chi connectivity index (χ3v) is 6.07. The van der Waals surface area contributed by atoms with Crippen LogP contribution >= 0.6 is 0 Å². The number of rotatable bonds is 7. The molecule has 1 heterocycles. The van der Waals surface area contributed by atoms with Crippen LogP contribution in [0.15, 0.2) is 24.3 Å². The molecule has 1 amide bonds. The van der Waals surface area contributed by atoms with E-state index in [1.54, 1.807) is 12.1 Å². The van der Waals surface area contributed by atoms with Gasteiger partial charge in [0.2, 0.25) is 5.91 Å². The van der Waals surface area contributed by atoms with Gasteiger partial charge in [-0.05, 0) is 42.9 Å². The van der Waals surface area contributed by atoms with Crippen molar-refractivity contribution in [1.29, 1.82) is 0 Å². The number of hydrogen-bond donors (Lipinski definition) is 1. The lowest BCUT2D eigenvalue weighted by Crippen LogP contribution is -2.52. The van der Waals surface area contributed by atoms with Crippen molar-refractivity contribution in [2.24, 2.45) is 5.92 Å². The van der Waals surface area contributed by atoms with Crippen molar-refractivity contribution >= 4 is 5.91 Å². The first-order valence-corrected chi connectivity index (χ1v) is 10.4. The molecule has 0 radical (unpaired) electrons. The number of nitrogens with zero attached hydrogens (tertiary/aromatic N) is 1. The molecule has 1 aliphatic heterocycles. The van der Waals surface area contributed by atoms with Gasteiger partial charge < -0.3 is 10.1 Å². The highest BCUT2D eigenvalue weighted by Gasteiger charge is 2.43. The van der Waals surface area contributed by atoms with Gasteiger partial charge >= 0.3 is 0 Å². The van der Waals surface area contributed by atoms with E-state index in [0.29, 0.717) is 18.5 Å². The number of carbonyl (C=O) groups excluding carboxylic acids is 1. The Labute approximate surface area is 162 Å². The van der Waals surface area contributed by atoms with Crippen molar-refractivity contribution in [2.45, 2.75) is 57.4 Å². The molecule has 1 aliphatic carbocycles. The van der Waals surface area contributed by atoms with E-state index >= 15 is 0 Å². The van der Waals surface area contributed by atoms with Crippen molar-refractivity contribution in [3.63, 3.8) is 0 Å². The van der Waals surface area contributed by atoms with Crippen LogP contribution in [0.4, 0.5) is 4.39 Å². The number of ether oxygens (including phenoxy) is 1. The maximum Gasteiger partial charge on any atom is 0.230 e. The van der Waals surface area contributed by atoms with Gasteiger partial charge in [-0.1, -0.05) is 38.8 Å². The molecule has 2 aliphatic rings. The van der Waals surface area contributed by atoms with E-state index in [4.69, 9.17) is 4.74 Å². The molecule has 0 aromatic heterocycles. The van der Waals surface area contributed by atoms with E-state index in [1.165, 1.54) is 6.07 Å². The zero-order valence-electron chi connectivity index (χ0n) is 16.7. The maximum absolute atomic E-state index is 13.8. The van der Waals surface area contributed by atoms with Gasteiger partial charge in [-0.3, -0.25) is 9.69 Å². The molecule has 1 saturated heterocycles. The first-order chi connectivity index (χ1) is 13.0. The summed E-state index contributed by atoms with van der Waals surface area (Å²) in [6.45, 7) is 8.45. The molecule has 0 spiro atoms. The largest absolute Gasteiger partial charge is 0.379 e. The summed E-state index contributed by atoms with van der Waals surface area (Å²) in [5.41, 5.74) is 0.249. The molecular formula is C22H33FN2O2. The Hall–Kier alpha value is -1.46. The standard InChI is InChI=1S/C22H33FN2O2/c1-17(2)14-20(25-10-12-27-13-11-25)16-24-21(26)22(8-3-4-9-22)18-6-5-7-19(23)15-18/h5-7,15,17,20H,3-4,8-14,16H2,1-2H3,(H,24,26). The summed E-state index contributed by atoms with van der Waals surface area (Å²) in [6.07, 6.45) is 4.68. The lowest BCUT2D eigenvalue weighted by Gasteiger charge is -2.36. The molecule has 4 nitrogen and oxygen atoms in total. The van der Waals surface area contributed by atoms with Crippen LogP contribution in [0.1, 0.15) is 51.5 Å². The highest BCUT2D eigenvalue weighted by molar-refractivity contribution is 5.88. The monoisotopic (exact) mass is 376 g/mol. The van der Waals surface area contributed by atoms with Crippen LogP contribution in [-0.2, 0) is 14.9 Å². The Bertz CT molecular complexity index is 622. The normalized spacial score (nSPS) is 21.3. The number of morpholine rings is 1. The van der Waals surface area contributed by atoms with Gasteiger partial charge in [0.15, 0.2) is 0 Å². The summed E-state index contributed by atoms with van der Waals surface area (Å²) >= 11 is 0. The second-order valence-electron chi connectivity index (χ2n) is 8.44. The van der Waals surface area contributed by atoms with Gasteiger partial charge in [-0.15, -0.1) is 0 Å². The predicted octanol–water partition coefficient (Wildman–Crippen LogP) is 3.50. The van der Waals surface area contributed by atoms with E-state index < -0.39 is 5.41 Å². The summed E-state index contributed by atoms with van der Waals surface area (Å²) < 4.78 is 19.3. The van der Waals surface area contributed by atoms with Gasteiger partial charge in [-0.2, -0.15) is 0 Å². The fourth-order valence-electron chi connectivity index (χ4n) is 4.64. The molecule has 1 aromatic carbocycles. The number of halogens is 1. The third kappa shape index (κ3) is 4.88. The van der Waals surface area contributed by atoms with Crippen molar-refractivity contribution in [3.8, 4) is 0 Å². The van der Waals surface area contributed by atoms with Crippen molar-refractivity contribution < 1.29 is 13.9 Å². The van der Waals surface area contributed by atoms with Crippen LogP contribution in [0.2, 0.25) is 0 Å². The molecule has 150 valence electrons. The lowest BCUT2D eigenvalue weighted by atomic mass is 9.78. The fourth-order valence-corrected chi connectivity index (χ4v) is 4.64. The summed E-state index contributed by atoms with van der Waals surface area (Å²) in [6, 6.07) is 6.93. The highest BCUT2D eigenvalue weighted by Crippen LogP contribution is 2.41. The summed E-state index contributed by atoms with van der Waals surface area (Å²) in [4.78, 5) is 15.7. The molecule has 0 bridgehead atoms. The van der Waals surface area contributed by atoms with Crippen LogP contribution in [0.25, 0.3) is 0 Å². The van der Waals surface area contributed by atoms with Crippen molar-refractivity contribution in [1.82, 2.24) is 10.2 Å². The van der Waals surface area contributed by atoms with Gasteiger partial charge in [-0.25, -0.2) is 4.39 Å². The van der Waals surface area contributed by atoms with Gasteiger partial charge in [0, 0.05) is 25.7 Å². The van der Waals surface area contributed by atoms with Crippen LogP contribution in [0.3, 0.4) is 0 Å². The molecule has 1 atom stereocenters. The molecular weight excluding hydrogens is 343 g/mol. The number of nitrogens with one attached hydrogen (secondary N) is 1. The summed E-state index contributed by atoms with van der Waals surface area (Å²) in [7, 11) is 0. The fraction of sp³-hybridized carbons (Fsp3) is 0.682.